The first-order valence-corrected chi connectivity index (χ1v) is 27.8. The number of ether oxygens (including phenoxy) is 3. The number of hydrogen-bond donors (Lipinski definition) is 0. The van der Waals surface area contributed by atoms with E-state index in [4.69, 9.17) is 14.2 Å². The Morgan fingerprint density at radius 1 is 0.339 bits per heavy atom. The third kappa shape index (κ3) is 47.9. The summed E-state index contributed by atoms with van der Waals surface area (Å²) in [4.78, 5) is 38.0. The molecule has 0 saturated heterocycles. The smallest absolute Gasteiger partial charge is 0.306 e. The van der Waals surface area contributed by atoms with Crippen LogP contribution < -0.4 is 0 Å². The van der Waals surface area contributed by atoms with Crippen LogP contribution in [0.25, 0.3) is 0 Å². The van der Waals surface area contributed by atoms with Crippen LogP contribution in [0.15, 0.2) is 0 Å². The van der Waals surface area contributed by atoms with Crippen LogP contribution in [0.3, 0.4) is 0 Å². The molecule has 0 heterocycles. The molecular formula is C56H108O6. The zero-order valence-electron chi connectivity index (χ0n) is 42.5. The summed E-state index contributed by atoms with van der Waals surface area (Å²) >= 11 is 0. The maximum Gasteiger partial charge on any atom is 0.306 e. The minimum absolute atomic E-state index is 0.0631. The Balaban J connectivity index is 4.30. The van der Waals surface area contributed by atoms with Gasteiger partial charge in [0.05, 0.1) is 0 Å². The van der Waals surface area contributed by atoms with Gasteiger partial charge >= 0.3 is 17.9 Å². The van der Waals surface area contributed by atoms with Gasteiger partial charge in [0.25, 0.3) is 0 Å². The van der Waals surface area contributed by atoms with Crippen molar-refractivity contribution in [1.29, 1.82) is 0 Å². The summed E-state index contributed by atoms with van der Waals surface area (Å²) in [5.74, 6) is 0.878. The molecule has 0 aliphatic heterocycles. The monoisotopic (exact) mass is 877 g/mol. The van der Waals surface area contributed by atoms with Crippen LogP contribution in [0.4, 0.5) is 0 Å². The molecule has 2 atom stereocenters. The topological polar surface area (TPSA) is 78.9 Å². The molecule has 0 fully saturated rings. The second-order valence-corrected chi connectivity index (χ2v) is 19.9. The van der Waals surface area contributed by atoms with Crippen molar-refractivity contribution < 1.29 is 28.6 Å². The van der Waals surface area contributed by atoms with Crippen molar-refractivity contribution in [2.24, 2.45) is 11.8 Å². The molecule has 0 aromatic heterocycles. The van der Waals surface area contributed by atoms with E-state index in [1.165, 1.54) is 199 Å². The van der Waals surface area contributed by atoms with E-state index in [1.54, 1.807) is 0 Å². The van der Waals surface area contributed by atoms with Crippen molar-refractivity contribution in [1.82, 2.24) is 0 Å². The summed E-state index contributed by atoms with van der Waals surface area (Å²) in [7, 11) is 0. The fourth-order valence-corrected chi connectivity index (χ4v) is 8.49. The molecule has 0 saturated carbocycles. The van der Waals surface area contributed by atoms with E-state index in [0.29, 0.717) is 19.3 Å². The Morgan fingerprint density at radius 3 is 0.919 bits per heavy atom. The quantitative estimate of drug-likeness (QED) is 0.0344. The molecule has 0 aliphatic rings. The highest BCUT2D eigenvalue weighted by molar-refractivity contribution is 5.71. The van der Waals surface area contributed by atoms with Gasteiger partial charge in [0.15, 0.2) is 6.10 Å². The second kappa shape index (κ2) is 48.9. The van der Waals surface area contributed by atoms with Crippen molar-refractivity contribution in [3.8, 4) is 0 Å². The highest BCUT2D eigenvalue weighted by Crippen LogP contribution is 2.18. The van der Waals surface area contributed by atoms with E-state index in [0.717, 1.165) is 69.6 Å². The average Bonchev–Trinajstić information content (AvgIpc) is 3.26. The molecule has 6 heteroatoms. The Morgan fingerprint density at radius 2 is 0.613 bits per heavy atom. The summed E-state index contributed by atoms with van der Waals surface area (Å²) in [5.41, 5.74) is 0. The summed E-state index contributed by atoms with van der Waals surface area (Å²) < 4.78 is 16.9. The maximum atomic E-state index is 12.8. The molecule has 0 bridgehead atoms. The maximum absolute atomic E-state index is 12.8. The predicted molar refractivity (Wildman–Crippen MR) is 266 cm³/mol. The Bertz CT molecular complexity index is 949. The third-order valence-corrected chi connectivity index (χ3v) is 13.1. The lowest BCUT2D eigenvalue weighted by molar-refractivity contribution is -0.167. The van der Waals surface area contributed by atoms with E-state index in [9.17, 15) is 14.4 Å². The first kappa shape index (κ1) is 60.4. The predicted octanol–water partition coefficient (Wildman–Crippen LogP) is 18.1. The SMILES string of the molecule is CCCCCCCCCCCCCCC(=O)OC[C@@H](COC(=O)CCCCCCCCCCCCCC(C)C)OC(=O)CCCCCCCCCCCCCCCCC(C)CC. The highest BCUT2D eigenvalue weighted by atomic mass is 16.6. The normalized spacial score (nSPS) is 12.5. The van der Waals surface area contributed by atoms with Gasteiger partial charge in [-0.2, -0.15) is 0 Å². The van der Waals surface area contributed by atoms with Crippen LogP contribution in [-0.4, -0.2) is 37.2 Å². The summed E-state index contributed by atoms with van der Waals surface area (Å²) in [6.07, 6.45) is 50.8. The van der Waals surface area contributed by atoms with Crippen LogP contribution in [0, 0.1) is 11.8 Å². The van der Waals surface area contributed by atoms with Gasteiger partial charge in [-0.05, 0) is 31.1 Å². The van der Waals surface area contributed by atoms with E-state index in [1.807, 2.05) is 0 Å². The van der Waals surface area contributed by atoms with Gasteiger partial charge in [-0.15, -0.1) is 0 Å². The molecular weight excluding hydrogens is 769 g/mol. The van der Waals surface area contributed by atoms with Crippen molar-refractivity contribution in [3.63, 3.8) is 0 Å². The number of carbonyl (C=O) groups excluding carboxylic acids is 3. The lowest BCUT2D eigenvalue weighted by atomic mass is 9.99. The van der Waals surface area contributed by atoms with Gasteiger partial charge in [0.2, 0.25) is 0 Å². The van der Waals surface area contributed by atoms with Crippen LogP contribution in [0.2, 0.25) is 0 Å². The Hall–Kier alpha value is -1.59. The minimum Gasteiger partial charge on any atom is -0.462 e. The van der Waals surface area contributed by atoms with Gasteiger partial charge in [-0.1, -0.05) is 272 Å². The highest BCUT2D eigenvalue weighted by Gasteiger charge is 2.19. The minimum atomic E-state index is -0.762. The molecule has 368 valence electrons. The van der Waals surface area contributed by atoms with Gasteiger partial charge < -0.3 is 14.2 Å². The van der Waals surface area contributed by atoms with Gasteiger partial charge in [0, 0.05) is 19.3 Å². The van der Waals surface area contributed by atoms with Crippen molar-refractivity contribution >= 4 is 17.9 Å². The van der Waals surface area contributed by atoms with Gasteiger partial charge in [0.1, 0.15) is 13.2 Å². The van der Waals surface area contributed by atoms with Crippen LogP contribution in [0.1, 0.15) is 311 Å². The number of hydrogen-bond acceptors (Lipinski definition) is 6. The van der Waals surface area contributed by atoms with E-state index in [-0.39, 0.29) is 31.1 Å². The van der Waals surface area contributed by atoms with E-state index in [2.05, 4.69) is 34.6 Å². The molecule has 62 heavy (non-hydrogen) atoms. The van der Waals surface area contributed by atoms with E-state index >= 15 is 0 Å². The number of carbonyl (C=O) groups is 3. The zero-order valence-corrected chi connectivity index (χ0v) is 42.5. The molecule has 6 nitrogen and oxygen atoms in total. The van der Waals surface area contributed by atoms with Crippen LogP contribution in [-0.2, 0) is 28.6 Å². The molecule has 0 spiro atoms. The van der Waals surface area contributed by atoms with E-state index < -0.39 is 6.10 Å². The Kier molecular flexibility index (Phi) is 47.6. The number of unbranched alkanes of at least 4 members (excludes halogenated alkanes) is 34. The molecule has 0 amide bonds. The third-order valence-electron chi connectivity index (χ3n) is 13.1. The summed E-state index contributed by atoms with van der Waals surface area (Å²) in [6, 6.07) is 0. The Labute approximate surface area is 387 Å². The molecule has 0 rings (SSSR count). The molecule has 0 aromatic rings. The lowest BCUT2D eigenvalue weighted by Gasteiger charge is -2.18. The standard InChI is InChI=1S/C56H108O6/c1-6-8-9-10-11-12-13-21-26-31-36-41-46-54(57)60-49-53(50-61-55(58)47-42-37-32-27-23-18-19-24-29-34-39-44-51(3)4)62-56(59)48-43-38-33-28-22-17-15-14-16-20-25-30-35-40-45-52(5)7-2/h51-53H,6-50H2,1-5H3/t52?,53-/m0/s1. The van der Waals surface area contributed by atoms with Crippen LogP contribution in [0.5, 0.6) is 0 Å². The fraction of sp³-hybridized carbons (Fsp3) is 0.946. The zero-order chi connectivity index (χ0) is 45.4. The first-order valence-electron chi connectivity index (χ1n) is 27.8. The molecule has 0 N–H and O–H groups in total. The van der Waals surface area contributed by atoms with Crippen molar-refractivity contribution in [3.05, 3.63) is 0 Å². The fourth-order valence-electron chi connectivity index (χ4n) is 8.49. The molecule has 0 radical (unpaired) electrons. The summed E-state index contributed by atoms with van der Waals surface area (Å²) in [5, 5.41) is 0. The summed E-state index contributed by atoms with van der Waals surface area (Å²) in [6.45, 7) is 11.4. The van der Waals surface area contributed by atoms with Crippen molar-refractivity contribution in [2.75, 3.05) is 13.2 Å². The molecule has 1 unspecified atom stereocenters. The second-order valence-electron chi connectivity index (χ2n) is 19.9. The lowest BCUT2D eigenvalue weighted by Crippen LogP contribution is -2.30. The number of rotatable bonds is 50. The average molecular weight is 877 g/mol. The van der Waals surface area contributed by atoms with Gasteiger partial charge in [-0.3, -0.25) is 14.4 Å². The molecule has 0 aliphatic carbocycles. The van der Waals surface area contributed by atoms with Gasteiger partial charge in [-0.25, -0.2) is 0 Å². The molecule has 0 aromatic carbocycles. The van der Waals surface area contributed by atoms with Crippen LogP contribution >= 0.6 is 0 Å². The number of esters is 3. The first-order chi connectivity index (χ1) is 30.3. The largest absolute Gasteiger partial charge is 0.462 e. The van der Waals surface area contributed by atoms with Crippen molar-refractivity contribution in [2.45, 2.75) is 317 Å².